The third kappa shape index (κ3) is 3.25. The van der Waals surface area contributed by atoms with E-state index in [2.05, 4.69) is 77.8 Å². The van der Waals surface area contributed by atoms with Gasteiger partial charge in [-0.2, -0.15) is 0 Å². The predicted molar refractivity (Wildman–Crippen MR) is 124 cm³/mol. The van der Waals surface area contributed by atoms with E-state index in [0.29, 0.717) is 11.2 Å². The number of benzene rings is 3. The first-order valence-electron chi connectivity index (χ1n) is 9.10. The van der Waals surface area contributed by atoms with Gasteiger partial charge in [-0.25, -0.2) is 0 Å². The summed E-state index contributed by atoms with van der Waals surface area (Å²) in [5.41, 5.74) is 1.02. The third-order valence-corrected chi connectivity index (χ3v) is 12.5. The Morgan fingerprint density at radius 3 is 1.46 bits per heavy atom. The summed E-state index contributed by atoms with van der Waals surface area (Å²) in [6, 6.07) is 33.2. The minimum atomic E-state index is -3.33. The van der Waals surface area contributed by atoms with Crippen LogP contribution in [0.15, 0.2) is 109 Å². The zero-order valence-corrected chi connectivity index (χ0v) is 17.7. The van der Waals surface area contributed by atoms with Crippen molar-refractivity contribution in [2.45, 2.75) is 6.16 Å². The maximum absolute atomic E-state index is 8.02. The fourth-order valence-corrected chi connectivity index (χ4v) is 10.1. The first-order valence-corrected chi connectivity index (χ1v) is 12.8. The molecule has 1 nitrogen and oxygen atoms in total. The fraction of sp³-hybridized carbons (Fsp3) is 0.0417. The molecule has 4 heteroatoms. The zero-order valence-electron chi connectivity index (χ0n) is 15.2. The Bertz CT molecular complexity index is 970. The maximum atomic E-state index is 8.02. The van der Waals surface area contributed by atoms with Gasteiger partial charge in [0.1, 0.15) is 0 Å². The Morgan fingerprint density at radius 1 is 0.643 bits per heavy atom. The SMILES string of the molecule is Clc1cncc(CP(Cl)(c2ccccc2)(c2ccccc2)c2ccccc2)c1. The summed E-state index contributed by atoms with van der Waals surface area (Å²) in [6.07, 6.45) is 4.16. The molecular formula is C24H20Cl2NP. The van der Waals surface area contributed by atoms with Gasteiger partial charge in [0.2, 0.25) is 0 Å². The molecule has 0 bridgehead atoms. The number of rotatable bonds is 5. The van der Waals surface area contributed by atoms with Crippen LogP contribution in [0.3, 0.4) is 0 Å². The summed E-state index contributed by atoms with van der Waals surface area (Å²) in [4.78, 5) is 4.31. The van der Waals surface area contributed by atoms with Crippen molar-refractivity contribution in [3.05, 3.63) is 120 Å². The summed E-state index contributed by atoms with van der Waals surface area (Å²) in [6.45, 7) is 0. The van der Waals surface area contributed by atoms with Crippen LogP contribution in [0, 0.1) is 0 Å². The van der Waals surface area contributed by atoms with Gasteiger partial charge < -0.3 is 0 Å². The van der Waals surface area contributed by atoms with E-state index in [1.807, 2.05) is 30.5 Å². The van der Waals surface area contributed by atoms with Crippen LogP contribution < -0.4 is 15.9 Å². The zero-order chi connectivity index (χ0) is 19.5. The average molecular weight is 424 g/mol. The molecule has 0 radical (unpaired) electrons. The molecule has 0 unspecified atom stereocenters. The summed E-state index contributed by atoms with van der Waals surface area (Å²) < 4.78 is 0. The van der Waals surface area contributed by atoms with E-state index in [4.69, 9.17) is 22.8 Å². The molecule has 0 N–H and O–H groups in total. The second-order valence-corrected chi connectivity index (χ2v) is 13.8. The second-order valence-electron chi connectivity index (χ2n) is 6.86. The molecule has 140 valence electrons. The molecule has 0 atom stereocenters. The van der Waals surface area contributed by atoms with Gasteiger partial charge in [-0.3, -0.25) is 0 Å². The number of hydrogen-bond acceptors (Lipinski definition) is 1. The van der Waals surface area contributed by atoms with E-state index < -0.39 is 5.96 Å². The molecule has 28 heavy (non-hydrogen) atoms. The van der Waals surface area contributed by atoms with Crippen LogP contribution in [0.25, 0.3) is 0 Å². The van der Waals surface area contributed by atoms with Crippen molar-refractivity contribution in [3.63, 3.8) is 0 Å². The minimum absolute atomic E-state index is 0.619. The van der Waals surface area contributed by atoms with Crippen LogP contribution in [-0.2, 0) is 6.16 Å². The van der Waals surface area contributed by atoms with Crippen LogP contribution in [0.2, 0.25) is 5.02 Å². The molecule has 4 aromatic rings. The van der Waals surface area contributed by atoms with Gasteiger partial charge in [0, 0.05) is 0 Å². The molecular weight excluding hydrogens is 404 g/mol. The average Bonchev–Trinajstić information content (AvgIpc) is 2.76. The van der Waals surface area contributed by atoms with Crippen molar-refractivity contribution in [1.29, 1.82) is 0 Å². The van der Waals surface area contributed by atoms with Gasteiger partial charge in [-0.15, -0.1) is 0 Å². The summed E-state index contributed by atoms with van der Waals surface area (Å²) in [5.74, 6) is -3.33. The summed E-state index contributed by atoms with van der Waals surface area (Å²) in [5, 5.41) is 4.01. The number of aromatic nitrogens is 1. The van der Waals surface area contributed by atoms with E-state index in [0.717, 1.165) is 21.5 Å². The molecule has 4 rings (SSSR count). The van der Waals surface area contributed by atoms with Crippen LogP contribution in [0.5, 0.6) is 0 Å². The van der Waals surface area contributed by atoms with Crippen molar-refractivity contribution in [1.82, 2.24) is 4.98 Å². The molecule has 0 aliphatic rings. The van der Waals surface area contributed by atoms with E-state index in [1.165, 1.54) is 0 Å². The van der Waals surface area contributed by atoms with Gasteiger partial charge in [-0.1, -0.05) is 0 Å². The Hall–Kier alpha value is -2.18. The molecule has 1 heterocycles. The number of hydrogen-bond donors (Lipinski definition) is 0. The topological polar surface area (TPSA) is 12.9 Å². The summed E-state index contributed by atoms with van der Waals surface area (Å²) >= 11 is 14.3. The monoisotopic (exact) mass is 423 g/mol. The van der Waals surface area contributed by atoms with E-state index in [9.17, 15) is 0 Å². The molecule has 0 amide bonds. The normalized spacial score (nSPS) is 12.9. The van der Waals surface area contributed by atoms with Gasteiger partial charge in [-0.05, 0) is 0 Å². The van der Waals surface area contributed by atoms with E-state index in [-0.39, 0.29) is 0 Å². The molecule has 0 aliphatic carbocycles. The van der Waals surface area contributed by atoms with Crippen LogP contribution in [-0.4, -0.2) is 4.98 Å². The van der Waals surface area contributed by atoms with E-state index >= 15 is 0 Å². The van der Waals surface area contributed by atoms with Crippen molar-refractivity contribution < 1.29 is 0 Å². The molecule has 0 aliphatic heterocycles. The van der Waals surface area contributed by atoms with Crippen LogP contribution in [0.4, 0.5) is 0 Å². The third-order valence-electron chi connectivity index (χ3n) is 5.12. The molecule has 0 fully saturated rings. The number of halogens is 2. The molecule has 3 aromatic carbocycles. The molecule has 1 aromatic heterocycles. The number of nitrogens with zero attached hydrogens (tertiary/aromatic N) is 1. The Balaban J connectivity index is 2.09. The van der Waals surface area contributed by atoms with Crippen molar-refractivity contribution in [2.24, 2.45) is 0 Å². The van der Waals surface area contributed by atoms with Gasteiger partial charge in [0.25, 0.3) is 0 Å². The fourth-order valence-electron chi connectivity index (χ4n) is 3.82. The van der Waals surface area contributed by atoms with E-state index in [1.54, 1.807) is 6.20 Å². The Labute approximate surface area is 175 Å². The van der Waals surface area contributed by atoms with Gasteiger partial charge in [0.05, 0.1) is 0 Å². The summed E-state index contributed by atoms with van der Waals surface area (Å²) in [7, 11) is 0. The van der Waals surface area contributed by atoms with Gasteiger partial charge in [0.15, 0.2) is 0 Å². The standard InChI is InChI=1S/C24H20Cl2NP/c25-21-16-20(17-27-18-21)19-28(26,22-10-4-1-5-11-22,23-12-6-2-7-13-23)24-14-8-3-9-15-24/h1-18H,19H2. The van der Waals surface area contributed by atoms with Crippen LogP contribution in [0.1, 0.15) is 5.56 Å². The molecule has 0 saturated heterocycles. The van der Waals surface area contributed by atoms with Crippen molar-refractivity contribution in [2.75, 3.05) is 0 Å². The predicted octanol–water partition coefficient (Wildman–Crippen LogP) is 5.92. The second kappa shape index (κ2) is 7.68. The van der Waals surface area contributed by atoms with Crippen molar-refractivity contribution in [3.8, 4) is 0 Å². The molecule has 0 spiro atoms. The number of pyridine rings is 1. The van der Waals surface area contributed by atoms with Crippen LogP contribution >= 0.6 is 28.8 Å². The Kier molecular flexibility index (Phi) is 5.25. The van der Waals surface area contributed by atoms with Crippen molar-refractivity contribution >= 4 is 44.7 Å². The quantitative estimate of drug-likeness (QED) is 0.363. The Morgan fingerprint density at radius 2 is 1.07 bits per heavy atom. The first kappa shape index (κ1) is 19.2. The first-order chi connectivity index (χ1) is 13.6. The van der Waals surface area contributed by atoms with Gasteiger partial charge >= 0.3 is 176 Å². The molecule has 0 saturated carbocycles.